The van der Waals surface area contributed by atoms with Crippen molar-refractivity contribution in [3.8, 4) is 5.69 Å². The smallest absolute Gasteiger partial charge is 0.266 e. The number of hydrogen-bond acceptors (Lipinski definition) is 5. The number of nitrogens with one attached hydrogen (secondary N) is 2. The fourth-order valence-electron chi connectivity index (χ4n) is 4.18. The second-order valence-electron chi connectivity index (χ2n) is 8.82. The number of nitrogens with zero attached hydrogens (tertiary/aromatic N) is 2. The number of thioether (sulfide) groups is 1. The number of fused-ring (bicyclic) bond motifs is 1. The third kappa shape index (κ3) is 5.87. The average molecular weight is 535 g/mol. The van der Waals surface area contributed by atoms with Crippen LogP contribution in [0.4, 0.5) is 5.69 Å². The maximum absolute atomic E-state index is 13.4. The molecular formula is C28H27ClN4O3S. The number of amides is 2. The largest absolute Gasteiger partial charge is 0.346 e. The molecule has 3 aromatic carbocycles. The Labute approximate surface area is 224 Å². The molecule has 0 bridgehead atoms. The lowest BCUT2D eigenvalue weighted by molar-refractivity contribution is -0.122. The van der Waals surface area contributed by atoms with E-state index < -0.39 is 0 Å². The summed E-state index contributed by atoms with van der Waals surface area (Å²) in [7, 11) is 0. The Bertz CT molecular complexity index is 1560. The lowest BCUT2D eigenvalue weighted by Gasteiger charge is -2.16. The summed E-state index contributed by atoms with van der Waals surface area (Å²) in [5.74, 6) is -0.696. The van der Waals surface area contributed by atoms with E-state index in [-0.39, 0.29) is 29.7 Å². The van der Waals surface area contributed by atoms with Gasteiger partial charge in [0.15, 0.2) is 5.16 Å². The Kier molecular flexibility index (Phi) is 8.00. The molecule has 190 valence electrons. The molecule has 0 radical (unpaired) electrons. The maximum Gasteiger partial charge on any atom is 0.266 e. The van der Waals surface area contributed by atoms with E-state index in [9.17, 15) is 14.4 Å². The minimum atomic E-state index is -0.353. The van der Waals surface area contributed by atoms with Crippen LogP contribution in [-0.2, 0) is 9.59 Å². The van der Waals surface area contributed by atoms with Crippen LogP contribution in [0.1, 0.15) is 22.3 Å². The number of carbonyl (C=O) groups excluding carboxylic acids is 2. The lowest BCUT2D eigenvalue weighted by Crippen LogP contribution is -2.34. The van der Waals surface area contributed by atoms with Gasteiger partial charge in [-0.1, -0.05) is 59.3 Å². The molecule has 4 rings (SSSR count). The van der Waals surface area contributed by atoms with Crippen LogP contribution >= 0.6 is 23.4 Å². The van der Waals surface area contributed by atoms with Crippen molar-refractivity contribution in [2.24, 2.45) is 0 Å². The zero-order chi connectivity index (χ0) is 26.7. The van der Waals surface area contributed by atoms with Crippen molar-refractivity contribution in [1.29, 1.82) is 0 Å². The van der Waals surface area contributed by atoms with Gasteiger partial charge in [0.1, 0.15) is 0 Å². The highest BCUT2D eigenvalue weighted by Crippen LogP contribution is 2.26. The molecule has 0 aliphatic rings. The first-order chi connectivity index (χ1) is 17.7. The van der Waals surface area contributed by atoms with Crippen molar-refractivity contribution in [2.45, 2.75) is 32.9 Å². The minimum absolute atomic E-state index is 0.0275. The van der Waals surface area contributed by atoms with Gasteiger partial charge in [0.05, 0.1) is 28.9 Å². The van der Waals surface area contributed by atoms with Gasteiger partial charge in [-0.15, -0.1) is 0 Å². The predicted octanol–water partition coefficient (Wildman–Crippen LogP) is 5.12. The second kappa shape index (κ2) is 11.2. The Hall–Kier alpha value is -3.62. The molecule has 0 atom stereocenters. The van der Waals surface area contributed by atoms with E-state index >= 15 is 0 Å². The number of rotatable bonds is 7. The third-order valence-corrected chi connectivity index (χ3v) is 7.29. The van der Waals surface area contributed by atoms with Crippen molar-refractivity contribution in [3.05, 3.63) is 92.2 Å². The summed E-state index contributed by atoms with van der Waals surface area (Å²) in [6.07, 6.45) is 0. The average Bonchev–Trinajstić information content (AvgIpc) is 2.86. The Balaban J connectivity index is 1.51. The standard InChI is InChI=1S/C28H27ClN4O3S/c1-16-12-17(2)26(18(3)13-16)32-24(34)14-30-25(35)15-37-28-31-22-10-6-5-8-20(22)27(36)33(28)23-11-7-9-21(29)19(23)4/h5-13H,14-15H2,1-4H3,(H,30,35)(H,32,34). The molecule has 37 heavy (non-hydrogen) atoms. The van der Waals surface area contributed by atoms with E-state index in [4.69, 9.17) is 11.6 Å². The second-order valence-corrected chi connectivity index (χ2v) is 10.2. The van der Waals surface area contributed by atoms with Crippen LogP contribution in [0, 0.1) is 27.7 Å². The first-order valence-electron chi connectivity index (χ1n) is 11.7. The van der Waals surface area contributed by atoms with Gasteiger partial charge in [-0.05, 0) is 68.7 Å². The summed E-state index contributed by atoms with van der Waals surface area (Å²) in [6, 6.07) is 16.4. The van der Waals surface area contributed by atoms with E-state index in [1.807, 2.05) is 39.8 Å². The number of hydrogen-bond donors (Lipinski definition) is 2. The Morgan fingerprint density at radius 1 is 0.973 bits per heavy atom. The highest BCUT2D eigenvalue weighted by molar-refractivity contribution is 7.99. The van der Waals surface area contributed by atoms with Gasteiger partial charge in [0, 0.05) is 10.7 Å². The van der Waals surface area contributed by atoms with Crippen molar-refractivity contribution in [2.75, 3.05) is 17.6 Å². The number of para-hydroxylation sites is 1. The number of benzene rings is 3. The van der Waals surface area contributed by atoms with Crippen LogP contribution in [0.25, 0.3) is 16.6 Å². The van der Waals surface area contributed by atoms with Crippen LogP contribution in [0.5, 0.6) is 0 Å². The van der Waals surface area contributed by atoms with Gasteiger partial charge < -0.3 is 10.6 Å². The van der Waals surface area contributed by atoms with Gasteiger partial charge >= 0.3 is 0 Å². The Morgan fingerprint density at radius 3 is 2.41 bits per heavy atom. The minimum Gasteiger partial charge on any atom is -0.346 e. The number of carbonyl (C=O) groups is 2. The number of aromatic nitrogens is 2. The zero-order valence-corrected chi connectivity index (χ0v) is 22.6. The molecule has 2 amide bonds. The molecule has 4 aromatic rings. The molecule has 0 aliphatic carbocycles. The van der Waals surface area contributed by atoms with Crippen molar-refractivity contribution in [1.82, 2.24) is 14.9 Å². The van der Waals surface area contributed by atoms with Crippen molar-refractivity contribution in [3.63, 3.8) is 0 Å². The molecule has 7 nitrogen and oxygen atoms in total. The molecule has 9 heteroatoms. The summed E-state index contributed by atoms with van der Waals surface area (Å²) in [5.41, 5.74) is 5.41. The molecule has 1 aromatic heterocycles. The van der Waals surface area contributed by atoms with Crippen LogP contribution < -0.4 is 16.2 Å². The van der Waals surface area contributed by atoms with Crippen LogP contribution in [-0.4, -0.2) is 33.7 Å². The fraction of sp³-hybridized carbons (Fsp3) is 0.214. The Morgan fingerprint density at radius 2 is 1.68 bits per heavy atom. The van der Waals surface area contributed by atoms with Gasteiger partial charge in [0.25, 0.3) is 5.56 Å². The van der Waals surface area contributed by atoms with Gasteiger partial charge in [-0.3, -0.25) is 19.0 Å². The van der Waals surface area contributed by atoms with E-state index in [0.717, 1.165) is 39.7 Å². The van der Waals surface area contributed by atoms with Crippen molar-refractivity contribution < 1.29 is 9.59 Å². The molecule has 2 N–H and O–H groups in total. The zero-order valence-electron chi connectivity index (χ0n) is 21.0. The summed E-state index contributed by atoms with van der Waals surface area (Å²) in [5, 5.41) is 6.87. The van der Waals surface area contributed by atoms with Gasteiger partial charge in [-0.2, -0.15) is 0 Å². The summed E-state index contributed by atoms with van der Waals surface area (Å²) < 4.78 is 1.48. The topological polar surface area (TPSA) is 93.1 Å². The normalized spacial score (nSPS) is 10.9. The van der Waals surface area contributed by atoms with Crippen molar-refractivity contribution >= 4 is 51.8 Å². The summed E-state index contributed by atoms with van der Waals surface area (Å²) >= 11 is 7.45. The molecule has 0 spiro atoms. The number of aryl methyl sites for hydroxylation is 3. The first-order valence-corrected chi connectivity index (χ1v) is 13.1. The molecule has 1 heterocycles. The highest BCUT2D eigenvalue weighted by Gasteiger charge is 2.17. The summed E-state index contributed by atoms with van der Waals surface area (Å²) in [4.78, 5) is 43.2. The van der Waals surface area contributed by atoms with Gasteiger partial charge in [0.2, 0.25) is 11.8 Å². The fourth-order valence-corrected chi connectivity index (χ4v) is 5.19. The number of halogens is 1. The lowest BCUT2D eigenvalue weighted by atomic mass is 10.1. The molecule has 0 saturated carbocycles. The van der Waals surface area contributed by atoms with E-state index in [2.05, 4.69) is 15.6 Å². The van der Waals surface area contributed by atoms with Crippen LogP contribution in [0.3, 0.4) is 0 Å². The molecule has 0 aliphatic heterocycles. The van der Waals surface area contributed by atoms with Gasteiger partial charge in [-0.25, -0.2) is 4.98 Å². The molecular weight excluding hydrogens is 508 g/mol. The van der Waals surface area contributed by atoms with Crippen LogP contribution in [0.2, 0.25) is 5.02 Å². The quantitative estimate of drug-likeness (QED) is 0.253. The van der Waals surface area contributed by atoms with E-state index in [0.29, 0.717) is 26.8 Å². The first kappa shape index (κ1) is 26.4. The predicted molar refractivity (Wildman–Crippen MR) is 150 cm³/mol. The maximum atomic E-state index is 13.4. The highest BCUT2D eigenvalue weighted by atomic mass is 35.5. The molecule has 0 fully saturated rings. The number of anilines is 1. The van der Waals surface area contributed by atoms with Crippen LogP contribution in [0.15, 0.2) is 64.5 Å². The monoisotopic (exact) mass is 534 g/mol. The SMILES string of the molecule is Cc1cc(C)c(NC(=O)CNC(=O)CSc2nc3ccccc3c(=O)n2-c2cccc(Cl)c2C)c(C)c1. The molecule has 0 unspecified atom stereocenters. The summed E-state index contributed by atoms with van der Waals surface area (Å²) in [6.45, 7) is 7.53. The third-order valence-electron chi connectivity index (χ3n) is 5.94. The van der Waals surface area contributed by atoms with E-state index in [1.54, 1.807) is 42.5 Å². The molecule has 0 saturated heterocycles. The van der Waals surface area contributed by atoms with E-state index in [1.165, 1.54) is 4.57 Å².